The number of fused-ring (bicyclic) bond motifs is 1. The lowest BCUT2D eigenvalue weighted by molar-refractivity contribution is -0.250. The average Bonchev–Trinajstić information content (AvgIpc) is 2.89. The molecular weight excluding hydrogens is 262 g/mol. The van der Waals surface area contributed by atoms with Gasteiger partial charge >= 0.3 is 0 Å². The van der Waals surface area contributed by atoms with E-state index >= 15 is 0 Å². The molecule has 1 aromatic heterocycles. The van der Waals surface area contributed by atoms with Crippen LogP contribution in [0.25, 0.3) is 10.9 Å². The molecule has 1 aromatic carbocycles. The lowest BCUT2D eigenvalue weighted by Crippen LogP contribution is -2.56. The highest BCUT2D eigenvalue weighted by atomic mass is 16.6. The van der Waals surface area contributed by atoms with Crippen molar-refractivity contribution in [1.29, 1.82) is 0 Å². The molecule has 2 aromatic rings. The summed E-state index contributed by atoms with van der Waals surface area (Å²) in [5.41, 5.74) is 0.844. The van der Waals surface area contributed by atoms with Crippen LogP contribution in [0.4, 0.5) is 0 Å². The molecule has 0 saturated carbocycles. The van der Waals surface area contributed by atoms with Gasteiger partial charge in [0.2, 0.25) is 0 Å². The summed E-state index contributed by atoms with van der Waals surface area (Å²) in [6, 6.07) is 9.44. The van der Waals surface area contributed by atoms with Gasteiger partial charge in [-0.15, -0.1) is 0 Å². The van der Waals surface area contributed by atoms with E-state index < -0.39 is 37.3 Å². The highest BCUT2D eigenvalue weighted by Gasteiger charge is 2.44. The molecule has 5 atom stereocenters. The molecule has 108 valence electrons. The third kappa shape index (κ3) is 2.02. The van der Waals surface area contributed by atoms with Crippen molar-refractivity contribution in [2.75, 3.05) is 6.61 Å². The van der Waals surface area contributed by atoms with E-state index in [0.717, 1.165) is 10.9 Å². The molecule has 0 aliphatic carbocycles. The van der Waals surface area contributed by atoms with Crippen LogP contribution in [-0.2, 0) is 4.74 Å². The summed E-state index contributed by atoms with van der Waals surface area (Å²) in [6.45, 7) is -0.430. The van der Waals surface area contributed by atoms with Gasteiger partial charge in [0.15, 0.2) is 6.23 Å². The fourth-order valence-corrected chi connectivity index (χ4v) is 2.64. The Morgan fingerprint density at radius 3 is 2.50 bits per heavy atom. The maximum absolute atomic E-state index is 10.1. The zero-order valence-corrected chi connectivity index (χ0v) is 10.7. The Kier molecular flexibility index (Phi) is 3.49. The van der Waals surface area contributed by atoms with Crippen molar-refractivity contribution in [2.24, 2.45) is 0 Å². The molecule has 3 rings (SSSR count). The number of benzene rings is 1. The van der Waals surface area contributed by atoms with Gasteiger partial charge in [0, 0.05) is 6.20 Å². The van der Waals surface area contributed by atoms with Gasteiger partial charge in [-0.1, -0.05) is 18.2 Å². The lowest BCUT2D eigenvalue weighted by atomic mass is 9.98. The molecule has 1 aliphatic rings. The number of hydrogen-bond donors (Lipinski definition) is 4. The average molecular weight is 279 g/mol. The van der Waals surface area contributed by atoms with Crippen LogP contribution in [0.15, 0.2) is 36.5 Å². The van der Waals surface area contributed by atoms with Crippen LogP contribution in [0, 0.1) is 0 Å². The Labute approximate surface area is 115 Å². The zero-order valence-electron chi connectivity index (χ0n) is 10.7. The summed E-state index contributed by atoms with van der Waals surface area (Å²) >= 11 is 0. The first-order chi connectivity index (χ1) is 9.63. The van der Waals surface area contributed by atoms with Crippen molar-refractivity contribution in [2.45, 2.75) is 30.6 Å². The fraction of sp³-hybridized carbons (Fsp3) is 0.429. The summed E-state index contributed by atoms with van der Waals surface area (Å²) in [7, 11) is 0. The van der Waals surface area contributed by atoms with Crippen LogP contribution < -0.4 is 0 Å². The Morgan fingerprint density at radius 1 is 1.00 bits per heavy atom. The third-order valence-corrected chi connectivity index (χ3v) is 3.77. The molecule has 2 unspecified atom stereocenters. The topological polar surface area (TPSA) is 95.1 Å². The maximum Gasteiger partial charge on any atom is 0.163 e. The maximum atomic E-state index is 10.1. The van der Waals surface area contributed by atoms with Gasteiger partial charge in [-0.25, -0.2) is 0 Å². The predicted molar refractivity (Wildman–Crippen MR) is 71.0 cm³/mol. The number of aromatic nitrogens is 1. The monoisotopic (exact) mass is 279 g/mol. The van der Waals surface area contributed by atoms with E-state index in [1.807, 2.05) is 30.3 Å². The SMILES string of the molecule is OCC1O[C@@H](n2ccc3ccccc32)C(O)[C@@H](O)[C@@H]1O. The molecule has 0 amide bonds. The van der Waals surface area contributed by atoms with Gasteiger partial charge in [-0.2, -0.15) is 0 Å². The first-order valence-electron chi connectivity index (χ1n) is 6.49. The van der Waals surface area contributed by atoms with Gasteiger partial charge in [0.1, 0.15) is 24.4 Å². The summed E-state index contributed by atoms with van der Waals surface area (Å²) in [5, 5.41) is 39.9. The molecular formula is C14H17NO5. The molecule has 6 heteroatoms. The van der Waals surface area contributed by atoms with Crippen molar-refractivity contribution in [3.8, 4) is 0 Å². The van der Waals surface area contributed by atoms with E-state index in [0.29, 0.717) is 0 Å². The summed E-state index contributed by atoms with van der Waals surface area (Å²) < 4.78 is 7.23. The lowest BCUT2D eigenvalue weighted by Gasteiger charge is -2.40. The van der Waals surface area contributed by atoms with Crippen molar-refractivity contribution >= 4 is 10.9 Å². The van der Waals surface area contributed by atoms with Gasteiger partial charge in [0.25, 0.3) is 0 Å². The van der Waals surface area contributed by atoms with Crippen LogP contribution >= 0.6 is 0 Å². The Morgan fingerprint density at radius 2 is 1.75 bits per heavy atom. The molecule has 0 radical (unpaired) electrons. The van der Waals surface area contributed by atoms with Crippen LogP contribution in [-0.4, -0.2) is 56.0 Å². The van der Waals surface area contributed by atoms with Crippen molar-refractivity contribution in [1.82, 2.24) is 4.57 Å². The summed E-state index contributed by atoms with van der Waals surface area (Å²) in [6.07, 6.45) is -3.99. The van der Waals surface area contributed by atoms with E-state index in [1.165, 1.54) is 0 Å². The smallest absolute Gasteiger partial charge is 0.163 e. The number of para-hydroxylation sites is 1. The number of aliphatic hydroxyl groups is 4. The largest absolute Gasteiger partial charge is 0.394 e. The first kappa shape index (κ1) is 13.5. The van der Waals surface area contributed by atoms with Gasteiger partial charge in [-0.3, -0.25) is 0 Å². The standard InChI is InChI=1S/C14H17NO5/c16-7-10-11(17)12(18)13(19)14(20-10)15-6-5-8-3-1-2-4-9(8)15/h1-6,10-14,16-19H,7H2/t10?,11-,12+,13?,14-/m1/s1. The minimum absolute atomic E-state index is 0.430. The Balaban J connectivity index is 2.00. The molecule has 1 saturated heterocycles. The van der Waals surface area contributed by atoms with Gasteiger partial charge < -0.3 is 29.7 Å². The molecule has 6 nitrogen and oxygen atoms in total. The highest BCUT2D eigenvalue weighted by Crippen LogP contribution is 2.31. The highest BCUT2D eigenvalue weighted by molar-refractivity contribution is 5.80. The Bertz CT molecular complexity index is 596. The fourth-order valence-electron chi connectivity index (χ4n) is 2.64. The van der Waals surface area contributed by atoms with Crippen LogP contribution in [0.3, 0.4) is 0 Å². The second-order valence-electron chi connectivity index (χ2n) is 5.00. The van der Waals surface area contributed by atoms with Crippen molar-refractivity contribution in [3.05, 3.63) is 36.5 Å². The summed E-state index contributed by atoms with van der Waals surface area (Å²) in [5.74, 6) is 0. The molecule has 2 heterocycles. The number of rotatable bonds is 2. The second-order valence-corrected chi connectivity index (χ2v) is 5.00. The van der Waals surface area contributed by atoms with E-state index in [9.17, 15) is 20.4 Å². The molecule has 20 heavy (non-hydrogen) atoms. The quantitative estimate of drug-likeness (QED) is 0.601. The van der Waals surface area contributed by atoms with E-state index in [2.05, 4.69) is 0 Å². The minimum atomic E-state index is -1.37. The third-order valence-electron chi connectivity index (χ3n) is 3.77. The van der Waals surface area contributed by atoms with Crippen molar-refractivity contribution in [3.63, 3.8) is 0 Å². The van der Waals surface area contributed by atoms with Gasteiger partial charge in [-0.05, 0) is 17.5 Å². The number of hydrogen-bond acceptors (Lipinski definition) is 5. The van der Waals surface area contributed by atoms with Crippen LogP contribution in [0.2, 0.25) is 0 Å². The first-order valence-corrected chi connectivity index (χ1v) is 6.49. The van der Waals surface area contributed by atoms with Crippen molar-refractivity contribution < 1.29 is 25.2 Å². The van der Waals surface area contributed by atoms with E-state index in [4.69, 9.17) is 4.74 Å². The minimum Gasteiger partial charge on any atom is -0.394 e. The van der Waals surface area contributed by atoms with E-state index in [1.54, 1.807) is 10.8 Å². The number of ether oxygens (including phenoxy) is 1. The normalized spacial score (nSPS) is 34.5. The number of nitrogens with zero attached hydrogens (tertiary/aromatic N) is 1. The zero-order chi connectivity index (χ0) is 14.3. The Hall–Kier alpha value is -1.44. The van der Waals surface area contributed by atoms with E-state index in [-0.39, 0.29) is 0 Å². The molecule has 1 aliphatic heterocycles. The van der Waals surface area contributed by atoms with Crippen LogP contribution in [0.5, 0.6) is 0 Å². The molecule has 0 bridgehead atoms. The number of aliphatic hydroxyl groups excluding tert-OH is 4. The summed E-state index contributed by atoms with van der Waals surface area (Å²) in [4.78, 5) is 0. The predicted octanol–water partition coefficient (Wildman–Crippen LogP) is -0.386. The van der Waals surface area contributed by atoms with Gasteiger partial charge in [0.05, 0.1) is 12.1 Å². The molecule has 4 N–H and O–H groups in total. The second kappa shape index (κ2) is 5.16. The van der Waals surface area contributed by atoms with Crippen LogP contribution in [0.1, 0.15) is 6.23 Å². The molecule has 0 spiro atoms. The molecule has 1 fully saturated rings.